The van der Waals surface area contributed by atoms with E-state index >= 15 is 0 Å². The number of hydrogen-bond acceptors (Lipinski definition) is 1. The van der Waals surface area contributed by atoms with Gasteiger partial charge in [-0.1, -0.05) is 143 Å². The number of nitrogens with one attached hydrogen (secondary N) is 1. The molecule has 8 rings (SSSR count). The van der Waals surface area contributed by atoms with Crippen LogP contribution in [-0.2, 0) is 5.41 Å². The van der Waals surface area contributed by atoms with E-state index in [9.17, 15) is 4.79 Å². The first-order valence-electron chi connectivity index (χ1n) is 15.1. The van der Waals surface area contributed by atoms with Gasteiger partial charge in [-0.25, -0.2) is 0 Å². The summed E-state index contributed by atoms with van der Waals surface area (Å²) in [6.07, 6.45) is 0. The summed E-state index contributed by atoms with van der Waals surface area (Å²) in [7, 11) is 0. The number of hydrogen-bond donors (Lipinski definition) is 1. The molecule has 1 N–H and O–H groups in total. The maximum atomic E-state index is 13.6. The van der Waals surface area contributed by atoms with Crippen LogP contribution in [0, 0.1) is 0 Å². The minimum absolute atomic E-state index is 0.135. The molecule has 0 aromatic heterocycles. The molecule has 214 valence electrons. The van der Waals surface area contributed by atoms with Crippen LogP contribution in [0.5, 0.6) is 0 Å². The normalized spacial score (nSPS) is 12.8. The monoisotopic (exact) mass is 641 g/mol. The van der Waals surface area contributed by atoms with Gasteiger partial charge in [0.15, 0.2) is 0 Å². The number of fused-ring (bicyclic) bond motifs is 4. The molecule has 0 saturated heterocycles. The molecule has 0 bridgehead atoms. The van der Waals surface area contributed by atoms with Crippen LogP contribution in [0.2, 0.25) is 0 Å². The molecule has 1 amide bonds. The molecule has 0 atom stereocenters. The average molecular weight is 643 g/mol. The molecule has 3 heteroatoms. The van der Waals surface area contributed by atoms with Crippen molar-refractivity contribution in [3.8, 4) is 22.3 Å². The Kier molecular flexibility index (Phi) is 6.70. The third-order valence-corrected chi connectivity index (χ3v) is 9.50. The Labute approximate surface area is 271 Å². The van der Waals surface area contributed by atoms with Gasteiger partial charge in [-0.05, 0) is 86.1 Å². The molecule has 7 aromatic rings. The lowest BCUT2D eigenvalue weighted by molar-refractivity contribution is 0.102. The first-order valence-corrected chi connectivity index (χ1v) is 15.9. The van der Waals surface area contributed by atoms with Crippen molar-refractivity contribution in [2.24, 2.45) is 0 Å². The van der Waals surface area contributed by atoms with E-state index in [0.29, 0.717) is 5.56 Å². The third-order valence-electron chi connectivity index (χ3n) is 9.01. The summed E-state index contributed by atoms with van der Waals surface area (Å²) in [5.74, 6) is -0.135. The van der Waals surface area contributed by atoms with Crippen LogP contribution < -0.4 is 5.32 Å². The second kappa shape index (κ2) is 11.0. The number of para-hydroxylation sites is 1. The zero-order valence-electron chi connectivity index (χ0n) is 24.4. The molecule has 0 saturated carbocycles. The third kappa shape index (κ3) is 4.51. The van der Waals surface area contributed by atoms with Gasteiger partial charge in [0.05, 0.1) is 5.41 Å². The first-order chi connectivity index (χ1) is 22.1. The highest BCUT2D eigenvalue weighted by molar-refractivity contribution is 9.10. The van der Waals surface area contributed by atoms with Crippen molar-refractivity contribution in [2.45, 2.75) is 5.41 Å². The number of anilines is 1. The molecule has 45 heavy (non-hydrogen) atoms. The quantitative estimate of drug-likeness (QED) is 0.199. The fourth-order valence-corrected chi connectivity index (χ4v) is 7.39. The predicted molar refractivity (Wildman–Crippen MR) is 189 cm³/mol. The largest absolute Gasteiger partial charge is 0.321 e. The molecule has 7 aromatic carbocycles. The van der Waals surface area contributed by atoms with E-state index in [1.54, 1.807) is 0 Å². The number of benzene rings is 7. The van der Waals surface area contributed by atoms with E-state index in [0.717, 1.165) is 32.1 Å². The summed E-state index contributed by atoms with van der Waals surface area (Å²) in [5.41, 5.74) is 10.4. The van der Waals surface area contributed by atoms with E-state index in [1.807, 2.05) is 48.5 Å². The smallest absolute Gasteiger partial charge is 0.255 e. The minimum Gasteiger partial charge on any atom is -0.321 e. The SMILES string of the molecule is O=C(Nc1ccccc1-c1ccc2c(c1)C(c1ccccc1)(c1ccccc1)c1ccccc1-2)c1ccc2cc(Br)ccc2c1. The Morgan fingerprint density at radius 2 is 1.11 bits per heavy atom. The van der Waals surface area contributed by atoms with Crippen LogP contribution in [0.1, 0.15) is 32.6 Å². The van der Waals surface area contributed by atoms with Crippen molar-refractivity contribution in [2.75, 3.05) is 5.32 Å². The number of carbonyl (C=O) groups is 1. The summed E-state index contributed by atoms with van der Waals surface area (Å²) in [6, 6.07) is 57.1. The summed E-state index contributed by atoms with van der Waals surface area (Å²) in [5, 5.41) is 5.33. The number of amides is 1. The highest BCUT2D eigenvalue weighted by atomic mass is 79.9. The van der Waals surface area contributed by atoms with Gasteiger partial charge in [-0.2, -0.15) is 0 Å². The van der Waals surface area contributed by atoms with Crippen LogP contribution >= 0.6 is 15.9 Å². The fraction of sp³-hybridized carbons (Fsp3) is 0.0238. The molecule has 0 aliphatic heterocycles. The number of carbonyl (C=O) groups excluding carboxylic acids is 1. The van der Waals surface area contributed by atoms with Gasteiger partial charge in [-0.3, -0.25) is 4.79 Å². The Bertz CT molecular complexity index is 2180. The van der Waals surface area contributed by atoms with Crippen molar-refractivity contribution in [3.63, 3.8) is 0 Å². The lowest BCUT2D eigenvalue weighted by atomic mass is 9.67. The van der Waals surface area contributed by atoms with Gasteiger partial charge in [0.1, 0.15) is 0 Å². The fourth-order valence-electron chi connectivity index (χ4n) is 7.01. The zero-order chi connectivity index (χ0) is 30.4. The van der Waals surface area contributed by atoms with Crippen molar-refractivity contribution in [1.29, 1.82) is 0 Å². The van der Waals surface area contributed by atoms with Gasteiger partial charge < -0.3 is 5.32 Å². The molecule has 0 radical (unpaired) electrons. The molecule has 0 fully saturated rings. The molecule has 0 unspecified atom stereocenters. The van der Waals surface area contributed by atoms with Crippen LogP contribution in [0.4, 0.5) is 5.69 Å². The standard InChI is InChI=1S/C42H28BrNO/c43-34-23-21-28-25-31(20-19-29(28)26-34)41(45)44-40-18-10-8-15-35(40)30-22-24-37-36-16-7-9-17-38(36)42(39(37)27-30,32-11-3-1-4-12-32)33-13-5-2-6-14-33/h1-27H,(H,44,45). The van der Waals surface area contributed by atoms with E-state index < -0.39 is 5.41 Å². The number of rotatable bonds is 5. The molecule has 2 nitrogen and oxygen atoms in total. The van der Waals surface area contributed by atoms with Gasteiger partial charge >= 0.3 is 0 Å². The van der Waals surface area contributed by atoms with E-state index in [2.05, 4.69) is 137 Å². The number of halogens is 1. The summed E-state index contributed by atoms with van der Waals surface area (Å²) in [4.78, 5) is 13.6. The van der Waals surface area contributed by atoms with E-state index in [-0.39, 0.29) is 5.91 Å². The molecular formula is C42H28BrNO. The van der Waals surface area contributed by atoms with Crippen molar-refractivity contribution in [3.05, 3.63) is 196 Å². The highest BCUT2D eigenvalue weighted by Crippen LogP contribution is 2.56. The lowest BCUT2D eigenvalue weighted by Gasteiger charge is -2.34. The van der Waals surface area contributed by atoms with E-state index in [1.165, 1.54) is 33.4 Å². The van der Waals surface area contributed by atoms with E-state index in [4.69, 9.17) is 0 Å². The molecule has 1 aliphatic carbocycles. The second-order valence-electron chi connectivity index (χ2n) is 11.5. The molecule has 0 spiro atoms. The first kappa shape index (κ1) is 27.3. The van der Waals surface area contributed by atoms with Crippen LogP contribution in [0.25, 0.3) is 33.0 Å². The van der Waals surface area contributed by atoms with Gasteiger partial charge in [0, 0.05) is 21.3 Å². The van der Waals surface area contributed by atoms with Crippen molar-refractivity contribution in [1.82, 2.24) is 0 Å². The highest BCUT2D eigenvalue weighted by Gasteiger charge is 2.46. The summed E-state index contributed by atoms with van der Waals surface area (Å²) < 4.78 is 1.02. The molecule has 1 aliphatic rings. The molecule has 0 heterocycles. The maximum Gasteiger partial charge on any atom is 0.255 e. The van der Waals surface area contributed by atoms with Crippen molar-refractivity contribution < 1.29 is 4.79 Å². The Morgan fingerprint density at radius 1 is 0.511 bits per heavy atom. The minimum atomic E-state index is -0.483. The van der Waals surface area contributed by atoms with Crippen LogP contribution in [0.15, 0.2) is 168 Å². The van der Waals surface area contributed by atoms with Gasteiger partial charge in [0.25, 0.3) is 5.91 Å². The second-order valence-corrected chi connectivity index (χ2v) is 12.4. The lowest BCUT2D eigenvalue weighted by Crippen LogP contribution is -2.28. The molecular weight excluding hydrogens is 614 g/mol. The Morgan fingerprint density at radius 3 is 1.87 bits per heavy atom. The van der Waals surface area contributed by atoms with Gasteiger partial charge in [0.2, 0.25) is 0 Å². The topological polar surface area (TPSA) is 29.1 Å². The Hall–Kier alpha value is -5.25. The summed E-state index contributed by atoms with van der Waals surface area (Å²) >= 11 is 3.54. The van der Waals surface area contributed by atoms with Crippen LogP contribution in [0.3, 0.4) is 0 Å². The van der Waals surface area contributed by atoms with Crippen molar-refractivity contribution >= 4 is 38.3 Å². The Balaban J connectivity index is 1.27. The predicted octanol–water partition coefficient (Wildman–Crippen LogP) is 10.9. The maximum absolute atomic E-state index is 13.6. The van der Waals surface area contributed by atoms with Crippen LogP contribution in [-0.4, -0.2) is 5.91 Å². The average Bonchev–Trinajstić information content (AvgIpc) is 3.39. The summed E-state index contributed by atoms with van der Waals surface area (Å²) in [6.45, 7) is 0. The zero-order valence-corrected chi connectivity index (χ0v) is 26.0. The van der Waals surface area contributed by atoms with Gasteiger partial charge in [-0.15, -0.1) is 0 Å².